The van der Waals surface area contributed by atoms with Crippen molar-refractivity contribution >= 4 is 17.5 Å². The van der Waals surface area contributed by atoms with Gasteiger partial charge in [0.15, 0.2) is 5.69 Å². The number of anilines is 1. The lowest BCUT2D eigenvalue weighted by Crippen LogP contribution is -2.44. The number of nitrogens with zero attached hydrogens (tertiary/aromatic N) is 2. The monoisotopic (exact) mass is 393 g/mol. The summed E-state index contributed by atoms with van der Waals surface area (Å²) < 4.78 is 6.69. The van der Waals surface area contributed by atoms with E-state index in [-0.39, 0.29) is 18.1 Å². The Morgan fingerprint density at radius 3 is 2.48 bits per heavy atom. The van der Waals surface area contributed by atoms with Crippen LogP contribution < -0.4 is 20.9 Å². The largest absolute Gasteiger partial charge is 0.497 e. The molecular formula is C21H23N5O3. The van der Waals surface area contributed by atoms with Gasteiger partial charge < -0.3 is 10.1 Å². The average molecular weight is 393 g/mol. The van der Waals surface area contributed by atoms with Crippen molar-refractivity contribution in [3.8, 4) is 11.4 Å². The summed E-state index contributed by atoms with van der Waals surface area (Å²) in [5, 5.41) is 7.27. The molecule has 0 radical (unpaired) electrons. The molecule has 0 unspecified atom stereocenters. The summed E-state index contributed by atoms with van der Waals surface area (Å²) in [6.07, 6.45) is 1.67. The second-order valence-corrected chi connectivity index (χ2v) is 6.52. The molecule has 29 heavy (non-hydrogen) atoms. The number of nitrogens with one attached hydrogen (secondary N) is 3. The van der Waals surface area contributed by atoms with Crippen LogP contribution in [0.15, 0.2) is 54.7 Å². The fourth-order valence-corrected chi connectivity index (χ4v) is 2.75. The number of ether oxygens (including phenoxy) is 1. The number of hydrogen-bond donors (Lipinski definition) is 3. The minimum absolute atomic E-state index is 0.0322. The zero-order valence-corrected chi connectivity index (χ0v) is 16.5. The molecule has 2 aromatic carbocycles. The van der Waals surface area contributed by atoms with Crippen LogP contribution in [0, 0.1) is 13.8 Å². The second-order valence-electron chi connectivity index (χ2n) is 6.52. The summed E-state index contributed by atoms with van der Waals surface area (Å²) in [7, 11) is 1.59. The zero-order valence-electron chi connectivity index (χ0n) is 16.5. The fourth-order valence-electron chi connectivity index (χ4n) is 2.75. The van der Waals surface area contributed by atoms with Crippen LogP contribution in [0.5, 0.6) is 5.75 Å². The first-order valence-electron chi connectivity index (χ1n) is 9.06. The Bertz CT molecular complexity index is 1010. The zero-order chi connectivity index (χ0) is 20.8. The smallest absolute Gasteiger partial charge is 0.290 e. The first-order chi connectivity index (χ1) is 14.0. The highest BCUT2D eigenvalue weighted by molar-refractivity contribution is 5.94. The van der Waals surface area contributed by atoms with Crippen LogP contribution in [0.25, 0.3) is 5.69 Å². The standard InChI is InChI=1S/C21H23N5O3/c1-14-4-9-18(15(2)12-14)22-13-20(27)23-24-21(28)19-10-11-26(25-19)16-5-7-17(29-3)8-6-16/h4-12,22H,13H2,1-3H3,(H,23,27)(H,24,28). The van der Waals surface area contributed by atoms with E-state index in [1.165, 1.54) is 0 Å². The molecule has 1 aromatic heterocycles. The molecule has 0 saturated heterocycles. The molecular weight excluding hydrogens is 370 g/mol. The van der Waals surface area contributed by atoms with E-state index in [4.69, 9.17) is 4.74 Å². The van der Waals surface area contributed by atoms with Gasteiger partial charge in [0, 0.05) is 11.9 Å². The van der Waals surface area contributed by atoms with Gasteiger partial charge in [-0.1, -0.05) is 17.7 Å². The summed E-state index contributed by atoms with van der Waals surface area (Å²) in [5.74, 6) is -0.138. The molecule has 0 aliphatic carbocycles. The number of carbonyl (C=O) groups is 2. The minimum atomic E-state index is -0.503. The predicted molar refractivity (Wildman–Crippen MR) is 110 cm³/mol. The molecule has 0 atom stereocenters. The minimum Gasteiger partial charge on any atom is -0.497 e. The van der Waals surface area contributed by atoms with Crippen LogP contribution in [-0.2, 0) is 4.79 Å². The van der Waals surface area contributed by atoms with Crippen LogP contribution >= 0.6 is 0 Å². The SMILES string of the molecule is COc1ccc(-n2ccc(C(=O)NNC(=O)CNc3ccc(C)cc3C)n2)cc1. The summed E-state index contributed by atoms with van der Waals surface area (Å²) in [5.41, 5.74) is 8.78. The number of methoxy groups -OCH3 is 1. The van der Waals surface area contributed by atoms with Gasteiger partial charge >= 0.3 is 0 Å². The molecule has 0 saturated carbocycles. The number of carbonyl (C=O) groups excluding carboxylic acids is 2. The van der Waals surface area contributed by atoms with Crippen molar-refractivity contribution in [1.82, 2.24) is 20.6 Å². The third-order valence-electron chi connectivity index (χ3n) is 4.30. The Morgan fingerprint density at radius 1 is 1.03 bits per heavy atom. The fraction of sp³-hybridized carbons (Fsp3) is 0.190. The number of hydrogen-bond acceptors (Lipinski definition) is 5. The van der Waals surface area contributed by atoms with E-state index in [2.05, 4.69) is 21.3 Å². The molecule has 0 bridgehead atoms. The lowest BCUT2D eigenvalue weighted by molar-refractivity contribution is -0.120. The molecule has 0 spiro atoms. The highest BCUT2D eigenvalue weighted by Crippen LogP contribution is 2.16. The molecule has 3 aromatic rings. The van der Waals surface area contributed by atoms with Crippen molar-refractivity contribution in [2.24, 2.45) is 0 Å². The van der Waals surface area contributed by atoms with Crippen molar-refractivity contribution < 1.29 is 14.3 Å². The third kappa shape index (κ3) is 5.13. The van der Waals surface area contributed by atoms with Gasteiger partial charge in [0.05, 0.1) is 19.3 Å². The Morgan fingerprint density at radius 2 is 1.79 bits per heavy atom. The van der Waals surface area contributed by atoms with Crippen molar-refractivity contribution in [3.05, 3.63) is 71.5 Å². The molecule has 3 rings (SSSR count). The summed E-state index contributed by atoms with van der Waals surface area (Å²) in [4.78, 5) is 24.2. The van der Waals surface area contributed by atoms with Gasteiger partial charge in [0.1, 0.15) is 5.75 Å². The Hall–Kier alpha value is -3.81. The lowest BCUT2D eigenvalue weighted by atomic mass is 10.1. The van der Waals surface area contributed by atoms with Gasteiger partial charge in [-0.25, -0.2) is 4.68 Å². The molecule has 2 amide bonds. The van der Waals surface area contributed by atoms with Gasteiger partial charge in [-0.15, -0.1) is 0 Å². The molecule has 1 heterocycles. The number of amides is 2. The van der Waals surface area contributed by atoms with E-state index < -0.39 is 5.91 Å². The summed E-state index contributed by atoms with van der Waals surface area (Å²) >= 11 is 0. The maximum absolute atomic E-state index is 12.2. The average Bonchev–Trinajstić information content (AvgIpc) is 3.22. The van der Waals surface area contributed by atoms with Gasteiger partial charge in [-0.3, -0.25) is 20.4 Å². The highest BCUT2D eigenvalue weighted by Gasteiger charge is 2.11. The van der Waals surface area contributed by atoms with Crippen LogP contribution in [0.2, 0.25) is 0 Å². The molecule has 8 nitrogen and oxygen atoms in total. The third-order valence-corrected chi connectivity index (χ3v) is 4.30. The Kier molecular flexibility index (Phi) is 6.13. The van der Waals surface area contributed by atoms with Crippen molar-refractivity contribution in [3.63, 3.8) is 0 Å². The molecule has 3 N–H and O–H groups in total. The van der Waals surface area contributed by atoms with Crippen molar-refractivity contribution in [2.75, 3.05) is 19.0 Å². The lowest BCUT2D eigenvalue weighted by Gasteiger charge is -2.11. The summed E-state index contributed by atoms with van der Waals surface area (Å²) in [6.45, 7) is 4.01. The normalized spacial score (nSPS) is 10.3. The highest BCUT2D eigenvalue weighted by atomic mass is 16.5. The molecule has 0 fully saturated rings. The van der Waals surface area contributed by atoms with Gasteiger partial charge in [-0.2, -0.15) is 5.10 Å². The topological polar surface area (TPSA) is 97.3 Å². The predicted octanol–water partition coefficient (Wildman–Crippen LogP) is 2.37. The van der Waals surface area contributed by atoms with Gasteiger partial charge in [-0.05, 0) is 55.8 Å². The molecule has 0 aliphatic heterocycles. The van der Waals surface area contributed by atoms with E-state index in [1.807, 2.05) is 44.2 Å². The van der Waals surface area contributed by atoms with Crippen LogP contribution in [0.4, 0.5) is 5.69 Å². The van der Waals surface area contributed by atoms with E-state index in [1.54, 1.807) is 36.2 Å². The number of hydrazine groups is 1. The first-order valence-corrected chi connectivity index (χ1v) is 9.06. The van der Waals surface area contributed by atoms with Crippen molar-refractivity contribution in [2.45, 2.75) is 13.8 Å². The van der Waals surface area contributed by atoms with Crippen LogP contribution in [0.1, 0.15) is 21.6 Å². The quantitative estimate of drug-likeness (QED) is 0.559. The van der Waals surface area contributed by atoms with Gasteiger partial charge in [0.2, 0.25) is 0 Å². The number of aryl methyl sites for hydroxylation is 2. The van der Waals surface area contributed by atoms with E-state index in [0.29, 0.717) is 0 Å². The van der Waals surface area contributed by atoms with E-state index in [9.17, 15) is 9.59 Å². The Labute approximate surface area is 168 Å². The van der Waals surface area contributed by atoms with Crippen LogP contribution in [-0.4, -0.2) is 35.2 Å². The molecule has 150 valence electrons. The van der Waals surface area contributed by atoms with E-state index in [0.717, 1.165) is 28.3 Å². The van der Waals surface area contributed by atoms with Crippen molar-refractivity contribution in [1.29, 1.82) is 0 Å². The van der Waals surface area contributed by atoms with E-state index >= 15 is 0 Å². The summed E-state index contributed by atoms with van der Waals surface area (Å²) in [6, 6.07) is 14.7. The number of rotatable bonds is 6. The maximum Gasteiger partial charge on any atom is 0.290 e. The molecule has 8 heteroatoms. The van der Waals surface area contributed by atoms with Gasteiger partial charge in [0.25, 0.3) is 11.8 Å². The maximum atomic E-state index is 12.2. The molecule has 0 aliphatic rings. The number of aromatic nitrogens is 2. The second kappa shape index (κ2) is 8.92. The number of benzene rings is 2. The first kappa shape index (κ1) is 19.9. The Balaban J connectivity index is 1.51. The van der Waals surface area contributed by atoms with Crippen LogP contribution in [0.3, 0.4) is 0 Å².